The first-order valence-electron chi connectivity index (χ1n) is 9.92. The molecule has 1 N–H and O–H groups in total. The van der Waals surface area contributed by atoms with Crippen LogP contribution in [-0.4, -0.2) is 72.7 Å². The summed E-state index contributed by atoms with van der Waals surface area (Å²) in [6, 6.07) is 7.00. The Balaban J connectivity index is 0.000000407. The van der Waals surface area contributed by atoms with Crippen LogP contribution in [0.5, 0.6) is 0 Å². The SMILES string of the molecule is C1CCOC1.CN1CC[C@@](O)(c2cn(-c3cccc(-c4ccnc(Cl)n4)n3)nn2)C1=O. The number of rotatable bonds is 3. The van der Waals surface area contributed by atoms with Crippen LogP contribution in [-0.2, 0) is 15.1 Å². The second-order valence-electron chi connectivity index (χ2n) is 7.30. The zero-order chi connectivity index (χ0) is 21.8. The third-order valence-electron chi connectivity index (χ3n) is 5.11. The van der Waals surface area contributed by atoms with Gasteiger partial charge in [0.1, 0.15) is 5.69 Å². The van der Waals surface area contributed by atoms with Crippen LogP contribution < -0.4 is 0 Å². The first-order chi connectivity index (χ1) is 15.0. The number of carbonyl (C=O) groups excluding carboxylic acids is 1. The monoisotopic (exact) mass is 443 g/mol. The van der Waals surface area contributed by atoms with Gasteiger partial charge in [-0.15, -0.1) is 5.10 Å². The summed E-state index contributed by atoms with van der Waals surface area (Å²) in [5, 5.41) is 18.8. The Bertz CT molecular complexity index is 1060. The van der Waals surface area contributed by atoms with Gasteiger partial charge in [0.2, 0.25) is 5.28 Å². The topological polar surface area (TPSA) is 119 Å². The highest BCUT2D eigenvalue weighted by molar-refractivity contribution is 6.28. The first-order valence-corrected chi connectivity index (χ1v) is 10.3. The van der Waals surface area contributed by atoms with Crippen molar-refractivity contribution in [2.75, 3.05) is 26.8 Å². The number of nitrogens with zero attached hydrogens (tertiary/aromatic N) is 7. The van der Waals surface area contributed by atoms with Crippen LogP contribution in [0.3, 0.4) is 0 Å². The molecule has 2 aliphatic heterocycles. The van der Waals surface area contributed by atoms with Crippen molar-refractivity contribution in [1.82, 2.24) is 34.8 Å². The number of carbonyl (C=O) groups is 1. The summed E-state index contributed by atoms with van der Waals surface area (Å²) >= 11 is 5.83. The van der Waals surface area contributed by atoms with Crippen molar-refractivity contribution in [2.45, 2.75) is 24.9 Å². The third kappa shape index (κ3) is 4.55. The second kappa shape index (κ2) is 9.04. The fourth-order valence-corrected chi connectivity index (χ4v) is 3.49. The van der Waals surface area contributed by atoms with E-state index in [-0.39, 0.29) is 23.3 Å². The van der Waals surface area contributed by atoms with Gasteiger partial charge in [-0.05, 0) is 42.6 Å². The average molecular weight is 444 g/mol. The Kier molecular flexibility index (Phi) is 6.21. The van der Waals surface area contributed by atoms with Crippen molar-refractivity contribution in [3.8, 4) is 17.2 Å². The number of hydrogen-bond acceptors (Lipinski definition) is 8. The van der Waals surface area contributed by atoms with Crippen molar-refractivity contribution in [3.05, 3.63) is 47.6 Å². The highest BCUT2D eigenvalue weighted by atomic mass is 35.5. The molecular weight excluding hydrogens is 422 g/mol. The summed E-state index contributed by atoms with van der Waals surface area (Å²) in [6.07, 6.45) is 5.88. The maximum Gasteiger partial charge on any atom is 0.260 e. The van der Waals surface area contributed by atoms with Crippen molar-refractivity contribution >= 4 is 17.5 Å². The standard InChI is InChI=1S/C16H14ClN7O2.C4H8O/c1-23-8-6-16(26,14(23)25)12-9-24(22-21-12)13-4-2-3-10(19-13)11-5-7-18-15(17)20-11;1-2-4-5-3-1/h2-5,7,9,26H,6,8H2,1H3;1-4H2/t16-;/m1./s1. The van der Waals surface area contributed by atoms with Gasteiger partial charge < -0.3 is 14.7 Å². The fourth-order valence-electron chi connectivity index (χ4n) is 3.34. The molecular formula is C20H22ClN7O3. The molecule has 10 nitrogen and oxygen atoms in total. The molecule has 3 aromatic rings. The third-order valence-corrected chi connectivity index (χ3v) is 5.29. The van der Waals surface area contributed by atoms with Gasteiger partial charge in [-0.2, -0.15) is 0 Å². The van der Waals surface area contributed by atoms with E-state index in [4.69, 9.17) is 16.3 Å². The Morgan fingerprint density at radius 2 is 1.94 bits per heavy atom. The maximum absolute atomic E-state index is 12.2. The molecule has 162 valence electrons. The predicted molar refractivity (Wildman–Crippen MR) is 111 cm³/mol. The molecule has 1 amide bonds. The number of aromatic nitrogens is 6. The minimum Gasteiger partial charge on any atom is -0.381 e. The smallest absolute Gasteiger partial charge is 0.260 e. The molecule has 1 atom stereocenters. The summed E-state index contributed by atoms with van der Waals surface area (Å²) in [6.45, 7) is 2.46. The molecule has 31 heavy (non-hydrogen) atoms. The van der Waals surface area contributed by atoms with Gasteiger partial charge in [0.15, 0.2) is 11.4 Å². The Morgan fingerprint density at radius 3 is 2.58 bits per heavy atom. The summed E-state index contributed by atoms with van der Waals surface area (Å²) in [5.74, 6) is 0.0836. The minimum absolute atomic E-state index is 0.129. The van der Waals surface area contributed by atoms with E-state index in [9.17, 15) is 9.90 Å². The number of aliphatic hydroxyl groups is 1. The van der Waals surface area contributed by atoms with Crippen molar-refractivity contribution < 1.29 is 14.6 Å². The first kappa shape index (κ1) is 21.3. The highest BCUT2D eigenvalue weighted by Crippen LogP contribution is 2.31. The predicted octanol–water partition coefficient (Wildman–Crippen LogP) is 1.62. The summed E-state index contributed by atoms with van der Waals surface area (Å²) in [5.41, 5.74) is -0.299. The van der Waals surface area contributed by atoms with Gasteiger partial charge in [0.05, 0.1) is 17.6 Å². The lowest BCUT2D eigenvalue weighted by molar-refractivity contribution is -0.143. The van der Waals surface area contributed by atoms with Gasteiger partial charge in [-0.3, -0.25) is 4.79 Å². The number of halogens is 1. The number of pyridine rings is 1. The minimum atomic E-state index is -1.65. The molecule has 0 unspecified atom stereocenters. The van der Waals surface area contributed by atoms with E-state index in [0.717, 1.165) is 13.2 Å². The molecule has 3 aromatic heterocycles. The molecule has 2 saturated heterocycles. The zero-order valence-corrected chi connectivity index (χ0v) is 17.7. The van der Waals surface area contributed by atoms with E-state index in [1.807, 2.05) is 0 Å². The quantitative estimate of drug-likeness (QED) is 0.606. The van der Waals surface area contributed by atoms with E-state index in [1.165, 1.54) is 28.6 Å². The molecule has 11 heteroatoms. The second-order valence-corrected chi connectivity index (χ2v) is 7.63. The molecule has 0 radical (unpaired) electrons. The van der Waals surface area contributed by atoms with Crippen LogP contribution >= 0.6 is 11.6 Å². The van der Waals surface area contributed by atoms with Gasteiger partial charge in [0.25, 0.3) is 5.91 Å². The normalized spacial score (nSPS) is 20.6. The molecule has 2 fully saturated rings. The molecule has 0 aliphatic carbocycles. The van der Waals surface area contributed by atoms with Crippen LogP contribution in [0, 0.1) is 0 Å². The van der Waals surface area contributed by atoms with Crippen molar-refractivity contribution in [3.63, 3.8) is 0 Å². The van der Waals surface area contributed by atoms with Gasteiger partial charge in [-0.1, -0.05) is 11.3 Å². The summed E-state index contributed by atoms with van der Waals surface area (Å²) in [7, 11) is 1.64. The molecule has 0 spiro atoms. The summed E-state index contributed by atoms with van der Waals surface area (Å²) in [4.78, 5) is 26.1. The molecule has 0 bridgehead atoms. The molecule has 0 aromatic carbocycles. The highest BCUT2D eigenvalue weighted by Gasteiger charge is 2.47. The van der Waals surface area contributed by atoms with Gasteiger partial charge in [0, 0.05) is 39.4 Å². The maximum atomic E-state index is 12.2. The van der Waals surface area contributed by atoms with Gasteiger partial charge >= 0.3 is 0 Å². The zero-order valence-electron chi connectivity index (χ0n) is 17.0. The lowest BCUT2D eigenvalue weighted by Crippen LogP contribution is -2.36. The van der Waals surface area contributed by atoms with E-state index >= 15 is 0 Å². The number of amides is 1. The number of likely N-dealkylation sites (N-methyl/N-ethyl adjacent to an activating group) is 1. The van der Waals surface area contributed by atoms with Crippen molar-refractivity contribution in [1.29, 1.82) is 0 Å². The molecule has 5 heterocycles. The van der Waals surface area contributed by atoms with E-state index in [0.29, 0.717) is 23.8 Å². The Labute approximate surface area is 183 Å². The molecule has 2 aliphatic rings. The average Bonchev–Trinajstić information content (AvgIpc) is 3.55. The fraction of sp³-hybridized carbons (Fsp3) is 0.400. The van der Waals surface area contributed by atoms with Crippen LogP contribution in [0.15, 0.2) is 36.7 Å². The largest absolute Gasteiger partial charge is 0.381 e. The van der Waals surface area contributed by atoms with E-state index in [1.54, 1.807) is 37.5 Å². The lowest BCUT2D eigenvalue weighted by atomic mass is 9.99. The Hall–Kier alpha value is -2.95. The van der Waals surface area contributed by atoms with E-state index in [2.05, 4.69) is 25.3 Å². The molecule has 5 rings (SSSR count). The Morgan fingerprint density at radius 1 is 1.16 bits per heavy atom. The number of hydrogen-bond donors (Lipinski definition) is 1. The van der Waals surface area contributed by atoms with Crippen LogP contribution in [0.25, 0.3) is 17.2 Å². The van der Waals surface area contributed by atoms with Crippen LogP contribution in [0.4, 0.5) is 0 Å². The van der Waals surface area contributed by atoms with Gasteiger partial charge in [-0.25, -0.2) is 19.6 Å². The number of likely N-dealkylation sites (tertiary alicyclic amines) is 1. The summed E-state index contributed by atoms with van der Waals surface area (Å²) < 4.78 is 6.35. The number of ether oxygens (including phenoxy) is 1. The molecule has 0 saturated carbocycles. The van der Waals surface area contributed by atoms with Crippen LogP contribution in [0.2, 0.25) is 5.28 Å². The lowest BCUT2D eigenvalue weighted by Gasteiger charge is -2.17. The van der Waals surface area contributed by atoms with E-state index < -0.39 is 5.60 Å². The van der Waals surface area contributed by atoms with Crippen LogP contribution in [0.1, 0.15) is 25.0 Å². The van der Waals surface area contributed by atoms with Crippen molar-refractivity contribution in [2.24, 2.45) is 0 Å².